The molecule has 0 unspecified atom stereocenters. The highest BCUT2D eigenvalue weighted by Crippen LogP contribution is 2.04. The summed E-state index contributed by atoms with van der Waals surface area (Å²) in [6.07, 6.45) is 1.49. The quantitative estimate of drug-likeness (QED) is 0.775. The molecule has 1 aromatic heterocycles. The molecule has 1 N–H and O–H groups in total. The van der Waals surface area contributed by atoms with Crippen LogP contribution in [-0.2, 0) is 0 Å². The summed E-state index contributed by atoms with van der Waals surface area (Å²) in [7, 11) is 0. The van der Waals surface area contributed by atoms with Crippen LogP contribution in [0.15, 0.2) is 22.8 Å². The van der Waals surface area contributed by atoms with Crippen LogP contribution in [0.25, 0.3) is 0 Å². The molecule has 0 aliphatic rings. The van der Waals surface area contributed by atoms with Crippen molar-refractivity contribution < 1.29 is 9.21 Å². The summed E-state index contributed by atoms with van der Waals surface area (Å²) in [5.74, 6) is 0.651. The van der Waals surface area contributed by atoms with E-state index < -0.39 is 0 Å². The lowest BCUT2D eigenvalue weighted by Crippen LogP contribution is -2.35. The first-order chi connectivity index (χ1) is 6.11. The van der Waals surface area contributed by atoms with Gasteiger partial charge in [-0.25, -0.2) is 0 Å². The third-order valence-corrected chi connectivity index (χ3v) is 2.10. The van der Waals surface area contributed by atoms with Crippen LogP contribution in [0.5, 0.6) is 0 Å². The van der Waals surface area contributed by atoms with E-state index in [0.717, 1.165) is 0 Å². The third kappa shape index (κ3) is 2.61. The van der Waals surface area contributed by atoms with Crippen LogP contribution in [0.1, 0.15) is 31.3 Å². The van der Waals surface area contributed by atoms with Gasteiger partial charge in [0.1, 0.15) is 0 Å². The van der Waals surface area contributed by atoms with Gasteiger partial charge in [-0.1, -0.05) is 13.8 Å². The standard InChI is InChI=1S/C10H15NO2/c1-7(2)8(3)11-10(12)9-5-4-6-13-9/h4-8H,1-3H3,(H,11,12)/t8-/m0/s1. The van der Waals surface area contributed by atoms with Crippen molar-refractivity contribution >= 4 is 5.91 Å². The van der Waals surface area contributed by atoms with Crippen LogP contribution < -0.4 is 5.32 Å². The molecule has 3 heteroatoms. The van der Waals surface area contributed by atoms with Crippen molar-refractivity contribution in [1.29, 1.82) is 0 Å². The average molecular weight is 181 g/mol. The zero-order valence-corrected chi connectivity index (χ0v) is 8.20. The summed E-state index contributed by atoms with van der Waals surface area (Å²) in [5.41, 5.74) is 0. The molecule has 1 rings (SSSR count). The maximum atomic E-state index is 11.4. The second-order valence-electron chi connectivity index (χ2n) is 3.48. The molecule has 0 bridgehead atoms. The van der Waals surface area contributed by atoms with E-state index in [0.29, 0.717) is 11.7 Å². The molecule has 0 aliphatic carbocycles. The molecule has 1 amide bonds. The van der Waals surface area contributed by atoms with Crippen LogP contribution in [0.2, 0.25) is 0 Å². The molecule has 0 saturated heterocycles. The molecule has 0 radical (unpaired) electrons. The summed E-state index contributed by atoms with van der Waals surface area (Å²) in [6, 6.07) is 3.52. The van der Waals surface area contributed by atoms with E-state index in [1.54, 1.807) is 12.1 Å². The Morgan fingerprint density at radius 3 is 2.62 bits per heavy atom. The minimum Gasteiger partial charge on any atom is -0.459 e. The van der Waals surface area contributed by atoms with Gasteiger partial charge in [-0.2, -0.15) is 0 Å². The fourth-order valence-corrected chi connectivity index (χ4v) is 0.852. The molecular formula is C10H15NO2. The van der Waals surface area contributed by atoms with E-state index >= 15 is 0 Å². The number of amides is 1. The van der Waals surface area contributed by atoms with Crippen molar-refractivity contribution in [2.75, 3.05) is 0 Å². The van der Waals surface area contributed by atoms with Gasteiger partial charge in [-0.05, 0) is 25.0 Å². The van der Waals surface area contributed by atoms with Crippen molar-refractivity contribution in [3.63, 3.8) is 0 Å². The van der Waals surface area contributed by atoms with Gasteiger partial charge < -0.3 is 9.73 Å². The van der Waals surface area contributed by atoms with Gasteiger partial charge in [0.2, 0.25) is 0 Å². The minimum absolute atomic E-state index is 0.147. The SMILES string of the molecule is CC(C)[C@H](C)NC(=O)c1ccco1. The fourth-order valence-electron chi connectivity index (χ4n) is 0.852. The van der Waals surface area contributed by atoms with Gasteiger partial charge in [0, 0.05) is 6.04 Å². The monoisotopic (exact) mass is 181 g/mol. The number of nitrogens with one attached hydrogen (secondary N) is 1. The maximum Gasteiger partial charge on any atom is 0.287 e. The number of carbonyl (C=O) groups is 1. The van der Waals surface area contributed by atoms with E-state index in [9.17, 15) is 4.79 Å². The average Bonchev–Trinajstić information content (AvgIpc) is 2.55. The van der Waals surface area contributed by atoms with Gasteiger partial charge in [0.15, 0.2) is 5.76 Å². The van der Waals surface area contributed by atoms with Crippen molar-refractivity contribution in [2.24, 2.45) is 5.92 Å². The molecule has 0 aromatic carbocycles. The first-order valence-corrected chi connectivity index (χ1v) is 4.45. The predicted octanol–water partition coefficient (Wildman–Crippen LogP) is 2.05. The van der Waals surface area contributed by atoms with Crippen LogP contribution in [0.4, 0.5) is 0 Å². The largest absolute Gasteiger partial charge is 0.459 e. The maximum absolute atomic E-state index is 11.4. The normalized spacial score (nSPS) is 12.9. The van der Waals surface area contributed by atoms with E-state index in [1.165, 1.54) is 6.26 Å². The Morgan fingerprint density at radius 1 is 1.46 bits per heavy atom. The van der Waals surface area contributed by atoms with Crippen LogP contribution in [0.3, 0.4) is 0 Å². The molecule has 0 saturated carbocycles. The third-order valence-electron chi connectivity index (χ3n) is 2.10. The highest BCUT2D eigenvalue weighted by Gasteiger charge is 2.13. The summed E-state index contributed by atoms with van der Waals surface area (Å²) in [6.45, 7) is 6.10. The molecule has 72 valence electrons. The predicted molar refractivity (Wildman–Crippen MR) is 50.5 cm³/mol. The van der Waals surface area contributed by atoms with Crippen LogP contribution in [-0.4, -0.2) is 11.9 Å². The zero-order chi connectivity index (χ0) is 9.84. The first kappa shape index (κ1) is 9.84. The van der Waals surface area contributed by atoms with E-state index in [2.05, 4.69) is 19.2 Å². The fraction of sp³-hybridized carbons (Fsp3) is 0.500. The van der Waals surface area contributed by atoms with Crippen molar-refractivity contribution in [3.8, 4) is 0 Å². The summed E-state index contributed by atoms with van der Waals surface area (Å²) in [4.78, 5) is 11.4. The molecule has 0 aliphatic heterocycles. The summed E-state index contributed by atoms with van der Waals surface area (Å²) < 4.78 is 4.96. The number of furan rings is 1. The molecule has 3 nitrogen and oxygen atoms in total. The Morgan fingerprint density at radius 2 is 2.15 bits per heavy atom. The number of hydrogen-bond acceptors (Lipinski definition) is 2. The molecule has 13 heavy (non-hydrogen) atoms. The molecular weight excluding hydrogens is 166 g/mol. The van der Waals surface area contributed by atoms with Gasteiger partial charge in [0.05, 0.1) is 6.26 Å². The Bertz CT molecular complexity index is 264. The number of hydrogen-bond donors (Lipinski definition) is 1. The summed E-state index contributed by atoms with van der Waals surface area (Å²) in [5, 5.41) is 2.85. The highest BCUT2D eigenvalue weighted by molar-refractivity contribution is 5.91. The number of carbonyl (C=O) groups excluding carboxylic acids is 1. The Labute approximate surface area is 78.1 Å². The molecule has 0 fully saturated rings. The molecule has 1 aromatic rings. The van der Waals surface area contributed by atoms with Crippen molar-refractivity contribution in [1.82, 2.24) is 5.32 Å². The lowest BCUT2D eigenvalue weighted by Gasteiger charge is -2.16. The van der Waals surface area contributed by atoms with Crippen LogP contribution in [0, 0.1) is 5.92 Å². The minimum atomic E-state index is -0.147. The van der Waals surface area contributed by atoms with E-state index in [-0.39, 0.29) is 11.9 Å². The van der Waals surface area contributed by atoms with Gasteiger partial charge in [-0.3, -0.25) is 4.79 Å². The van der Waals surface area contributed by atoms with Crippen molar-refractivity contribution in [2.45, 2.75) is 26.8 Å². The van der Waals surface area contributed by atoms with Gasteiger partial charge >= 0.3 is 0 Å². The smallest absolute Gasteiger partial charge is 0.287 e. The topological polar surface area (TPSA) is 42.2 Å². The van der Waals surface area contributed by atoms with Crippen molar-refractivity contribution in [3.05, 3.63) is 24.2 Å². The lowest BCUT2D eigenvalue weighted by atomic mass is 10.1. The Balaban J connectivity index is 2.52. The highest BCUT2D eigenvalue weighted by atomic mass is 16.3. The van der Waals surface area contributed by atoms with E-state index in [4.69, 9.17) is 4.42 Å². The molecule has 1 atom stereocenters. The molecule has 0 spiro atoms. The first-order valence-electron chi connectivity index (χ1n) is 4.45. The second kappa shape index (κ2) is 4.12. The number of rotatable bonds is 3. The van der Waals surface area contributed by atoms with Gasteiger partial charge in [0.25, 0.3) is 5.91 Å². The Hall–Kier alpha value is -1.25. The van der Waals surface area contributed by atoms with E-state index in [1.807, 2.05) is 6.92 Å². The Kier molecular flexibility index (Phi) is 3.12. The van der Waals surface area contributed by atoms with Crippen LogP contribution >= 0.6 is 0 Å². The lowest BCUT2D eigenvalue weighted by molar-refractivity contribution is 0.0902. The molecule has 1 heterocycles. The zero-order valence-electron chi connectivity index (χ0n) is 8.20. The van der Waals surface area contributed by atoms with Gasteiger partial charge in [-0.15, -0.1) is 0 Å². The summed E-state index contributed by atoms with van der Waals surface area (Å²) >= 11 is 0. The second-order valence-corrected chi connectivity index (χ2v) is 3.48.